The number of hydrazone groups is 1. The monoisotopic (exact) mass is 399 g/mol. The highest BCUT2D eigenvalue weighted by Gasteiger charge is 2.51. The molecule has 3 amide bonds. The molecule has 1 saturated heterocycles. The Morgan fingerprint density at radius 2 is 1.93 bits per heavy atom. The summed E-state index contributed by atoms with van der Waals surface area (Å²) in [6.45, 7) is 2.35. The summed E-state index contributed by atoms with van der Waals surface area (Å²) in [5.74, 6) is -0.279. The maximum absolute atomic E-state index is 12.8. The van der Waals surface area contributed by atoms with Crippen molar-refractivity contribution < 1.29 is 9.59 Å². The first kappa shape index (κ1) is 18.7. The van der Waals surface area contributed by atoms with Gasteiger partial charge in [-0.1, -0.05) is 61.2 Å². The molecule has 2 aromatic rings. The lowest BCUT2D eigenvalue weighted by Crippen LogP contribution is -2.48. The van der Waals surface area contributed by atoms with Crippen LogP contribution >= 0.6 is 11.6 Å². The molecule has 2 heterocycles. The summed E-state index contributed by atoms with van der Waals surface area (Å²) < 4.78 is 1.68. The molecule has 0 bridgehead atoms. The Kier molecular flexibility index (Phi) is 4.93. The van der Waals surface area contributed by atoms with Gasteiger partial charge in [0, 0.05) is 0 Å². The summed E-state index contributed by atoms with van der Waals surface area (Å²) in [6.07, 6.45) is 5.73. The molecule has 0 atom stereocenters. The molecule has 2 aliphatic rings. The minimum Gasteiger partial charge on any atom is -0.321 e. The fourth-order valence-corrected chi connectivity index (χ4v) is 4.18. The van der Waals surface area contributed by atoms with Gasteiger partial charge in [-0.2, -0.15) is 10.2 Å². The van der Waals surface area contributed by atoms with E-state index in [4.69, 9.17) is 11.6 Å². The van der Waals surface area contributed by atoms with Crippen LogP contribution in [0.1, 0.15) is 48.9 Å². The van der Waals surface area contributed by atoms with Crippen LogP contribution < -0.4 is 5.32 Å². The maximum atomic E-state index is 12.8. The molecule has 0 radical (unpaired) electrons. The van der Waals surface area contributed by atoms with E-state index >= 15 is 0 Å². The second kappa shape index (κ2) is 7.39. The molecule has 1 aliphatic heterocycles. The number of aromatic nitrogens is 2. The molecule has 1 saturated carbocycles. The Balaban J connectivity index is 1.55. The van der Waals surface area contributed by atoms with Crippen LogP contribution in [0.5, 0.6) is 0 Å². The van der Waals surface area contributed by atoms with E-state index in [9.17, 15) is 9.59 Å². The first-order valence-corrected chi connectivity index (χ1v) is 9.85. The van der Waals surface area contributed by atoms with E-state index in [0.717, 1.165) is 29.8 Å². The Morgan fingerprint density at radius 1 is 1.21 bits per heavy atom. The number of nitrogens with one attached hydrogen (secondary N) is 1. The van der Waals surface area contributed by atoms with Gasteiger partial charge < -0.3 is 5.32 Å². The minimum atomic E-state index is -0.789. The van der Waals surface area contributed by atoms with Gasteiger partial charge in [0.1, 0.15) is 10.7 Å². The molecule has 8 heteroatoms. The Labute approximate surface area is 168 Å². The van der Waals surface area contributed by atoms with Crippen LogP contribution in [0.25, 0.3) is 0 Å². The summed E-state index contributed by atoms with van der Waals surface area (Å²) >= 11 is 6.49. The number of hydrogen-bond acceptors (Lipinski definition) is 4. The van der Waals surface area contributed by atoms with Gasteiger partial charge in [-0.15, -0.1) is 5.01 Å². The Morgan fingerprint density at radius 3 is 2.64 bits per heavy atom. The lowest BCUT2D eigenvalue weighted by atomic mass is 9.82. The smallest absolute Gasteiger partial charge is 0.321 e. The van der Waals surface area contributed by atoms with Crippen molar-refractivity contribution in [2.75, 3.05) is 0 Å². The van der Waals surface area contributed by atoms with E-state index in [1.165, 1.54) is 6.21 Å². The molecule has 1 aromatic carbocycles. The third-order valence-electron chi connectivity index (χ3n) is 5.43. The summed E-state index contributed by atoms with van der Waals surface area (Å²) in [5, 5.41) is 12.8. The average molecular weight is 400 g/mol. The van der Waals surface area contributed by atoms with Crippen molar-refractivity contribution in [3.8, 4) is 0 Å². The van der Waals surface area contributed by atoms with Crippen LogP contribution in [0.3, 0.4) is 0 Å². The maximum Gasteiger partial charge on any atom is 0.346 e. The molecular formula is C20H22ClN5O2. The van der Waals surface area contributed by atoms with Gasteiger partial charge in [0.15, 0.2) is 0 Å². The number of aryl methyl sites for hydroxylation is 1. The highest BCUT2D eigenvalue weighted by Crippen LogP contribution is 2.33. The zero-order chi connectivity index (χ0) is 19.7. The van der Waals surface area contributed by atoms with E-state index in [0.29, 0.717) is 35.8 Å². The largest absolute Gasteiger partial charge is 0.346 e. The number of imide groups is 1. The molecule has 1 spiro atoms. The second-order valence-corrected chi connectivity index (χ2v) is 7.73. The summed E-state index contributed by atoms with van der Waals surface area (Å²) in [4.78, 5) is 25.1. The predicted octanol–water partition coefficient (Wildman–Crippen LogP) is 3.48. The number of amides is 3. The van der Waals surface area contributed by atoms with E-state index < -0.39 is 11.6 Å². The van der Waals surface area contributed by atoms with Crippen LogP contribution in [0.15, 0.2) is 35.4 Å². The molecule has 4 rings (SSSR count). The third-order valence-corrected chi connectivity index (χ3v) is 5.83. The first-order chi connectivity index (χ1) is 13.5. The van der Waals surface area contributed by atoms with Crippen molar-refractivity contribution in [2.24, 2.45) is 5.10 Å². The molecule has 146 valence electrons. The van der Waals surface area contributed by atoms with E-state index in [2.05, 4.69) is 15.5 Å². The van der Waals surface area contributed by atoms with Gasteiger partial charge >= 0.3 is 6.03 Å². The van der Waals surface area contributed by atoms with Crippen molar-refractivity contribution in [3.63, 3.8) is 0 Å². The molecule has 2 fully saturated rings. The molecule has 0 unspecified atom stereocenters. The van der Waals surface area contributed by atoms with Crippen LogP contribution in [0.2, 0.25) is 5.15 Å². The fourth-order valence-electron chi connectivity index (χ4n) is 3.90. The van der Waals surface area contributed by atoms with Crippen molar-refractivity contribution in [2.45, 2.75) is 51.1 Å². The van der Waals surface area contributed by atoms with Gasteiger partial charge in [0.05, 0.1) is 24.0 Å². The minimum absolute atomic E-state index is 0.279. The molecule has 1 aromatic heterocycles. The Bertz CT molecular complexity index is 932. The Hall–Kier alpha value is -2.67. The number of rotatable bonds is 4. The molecule has 28 heavy (non-hydrogen) atoms. The summed E-state index contributed by atoms with van der Waals surface area (Å²) in [5.41, 5.74) is 1.57. The van der Waals surface area contributed by atoms with Crippen LogP contribution in [-0.2, 0) is 11.3 Å². The van der Waals surface area contributed by atoms with Crippen LogP contribution in [0, 0.1) is 6.92 Å². The second-order valence-electron chi connectivity index (χ2n) is 7.37. The topological polar surface area (TPSA) is 79.6 Å². The normalized spacial score (nSPS) is 19.0. The molecule has 1 N–H and O–H groups in total. The van der Waals surface area contributed by atoms with Gasteiger partial charge in [-0.3, -0.25) is 4.79 Å². The highest BCUT2D eigenvalue weighted by molar-refractivity contribution is 6.32. The molecule has 7 nitrogen and oxygen atoms in total. The molecule has 1 aliphatic carbocycles. The lowest BCUT2D eigenvalue weighted by molar-refractivity contribution is -0.132. The predicted molar refractivity (Wildman–Crippen MR) is 106 cm³/mol. The molecular weight excluding hydrogens is 378 g/mol. The SMILES string of the molecule is Cc1nn(Cc2ccccc2)c(Cl)c1/C=N\N1C(=O)NC2(CCCCC2)C1=O. The first-order valence-electron chi connectivity index (χ1n) is 9.48. The number of nitrogens with zero attached hydrogens (tertiary/aromatic N) is 4. The van der Waals surface area contributed by atoms with Crippen LogP contribution in [0.4, 0.5) is 4.79 Å². The van der Waals surface area contributed by atoms with Crippen molar-refractivity contribution in [1.82, 2.24) is 20.1 Å². The van der Waals surface area contributed by atoms with E-state index in [1.54, 1.807) is 4.68 Å². The van der Waals surface area contributed by atoms with Gasteiger partial charge in [-0.05, 0) is 25.3 Å². The van der Waals surface area contributed by atoms with Gasteiger partial charge in [0.2, 0.25) is 0 Å². The average Bonchev–Trinajstić information content (AvgIpc) is 3.08. The number of benzene rings is 1. The number of halogens is 1. The number of carbonyl (C=O) groups is 2. The van der Waals surface area contributed by atoms with Gasteiger partial charge in [0.25, 0.3) is 5.91 Å². The third kappa shape index (κ3) is 3.30. The number of urea groups is 1. The summed E-state index contributed by atoms with van der Waals surface area (Å²) in [7, 11) is 0. The van der Waals surface area contributed by atoms with E-state index in [1.807, 2.05) is 37.3 Å². The van der Waals surface area contributed by atoms with E-state index in [-0.39, 0.29) is 5.91 Å². The zero-order valence-corrected chi connectivity index (χ0v) is 16.4. The van der Waals surface area contributed by atoms with Crippen molar-refractivity contribution in [1.29, 1.82) is 0 Å². The van der Waals surface area contributed by atoms with Crippen molar-refractivity contribution in [3.05, 3.63) is 52.3 Å². The van der Waals surface area contributed by atoms with Crippen molar-refractivity contribution >= 4 is 29.8 Å². The lowest BCUT2D eigenvalue weighted by Gasteiger charge is -2.29. The highest BCUT2D eigenvalue weighted by atomic mass is 35.5. The fraction of sp³-hybridized carbons (Fsp3) is 0.400. The zero-order valence-electron chi connectivity index (χ0n) is 15.7. The quantitative estimate of drug-likeness (QED) is 0.631. The summed E-state index contributed by atoms with van der Waals surface area (Å²) in [6, 6.07) is 9.39. The van der Waals surface area contributed by atoms with Gasteiger partial charge in [-0.25, -0.2) is 9.48 Å². The number of carbonyl (C=O) groups excluding carboxylic acids is 2. The van der Waals surface area contributed by atoms with Crippen LogP contribution in [-0.4, -0.2) is 38.5 Å². The standard InChI is InChI=1S/C20H22ClN5O2/c1-14-16(17(21)25(24-14)13-15-8-4-2-5-9-15)12-22-26-18(27)20(23-19(26)28)10-6-3-7-11-20/h2,4-5,8-9,12H,3,6-7,10-11,13H2,1H3,(H,23,28)/b22-12-. The number of hydrogen-bond donors (Lipinski definition) is 1.